The van der Waals surface area contributed by atoms with E-state index < -0.39 is 12.2 Å². The number of hydrogen-bond acceptors (Lipinski definition) is 2. The van der Waals surface area contributed by atoms with Gasteiger partial charge in [0.25, 0.3) is 0 Å². The van der Waals surface area contributed by atoms with E-state index in [1.54, 1.807) is 0 Å². The monoisotopic (exact) mass is 215 g/mol. The molecule has 2 N–H and O–H groups in total. The summed E-state index contributed by atoms with van der Waals surface area (Å²) in [4.78, 5) is 0.0347. The van der Waals surface area contributed by atoms with Crippen LogP contribution in [0.2, 0.25) is 4.34 Å². The molecule has 1 aromatic rings. The van der Waals surface area contributed by atoms with Crippen LogP contribution in [0, 0.1) is 0 Å². The highest BCUT2D eigenvalue weighted by Gasteiger charge is 2.38. The maximum absolute atomic E-state index is 12.0. The molecule has 0 bridgehead atoms. The maximum Gasteiger partial charge on any atom is 0.408 e. The third-order valence-electron chi connectivity index (χ3n) is 1.25. The van der Waals surface area contributed by atoms with Gasteiger partial charge in [-0.3, -0.25) is 0 Å². The summed E-state index contributed by atoms with van der Waals surface area (Å²) in [6, 6.07) is 0.758. The highest BCUT2D eigenvalue weighted by Crippen LogP contribution is 2.35. The van der Waals surface area contributed by atoms with E-state index in [0.29, 0.717) is 4.34 Å². The van der Waals surface area contributed by atoms with Crippen molar-refractivity contribution in [2.45, 2.75) is 12.2 Å². The second kappa shape index (κ2) is 3.24. The first kappa shape index (κ1) is 9.83. The molecule has 0 aromatic carbocycles. The van der Waals surface area contributed by atoms with Gasteiger partial charge in [0, 0.05) is 4.88 Å². The van der Waals surface area contributed by atoms with Gasteiger partial charge in [-0.05, 0) is 12.1 Å². The first-order valence-corrected chi connectivity index (χ1v) is 4.18. The number of hydrogen-bond donors (Lipinski definition) is 1. The lowest BCUT2D eigenvalue weighted by atomic mass is 10.2. The zero-order valence-electron chi connectivity index (χ0n) is 5.73. The van der Waals surface area contributed by atoms with Gasteiger partial charge < -0.3 is 5.73 Å². The van der Waals surface area contributed by atoms with Crippen LogP contribution in [0.25, 0.3) is 0 Å². The third-order valence-corrected chi connectivity index (χ3v) is 2.57. The molecule has 1 nitrogen and oxygen atoms in total. The second-order valence-electron chi connectivity index (χ2n) is 2.16. The average Bonchev–Trinajstić information content (AvgIpc) is 2.32. The van der Waals surface area contributed by atoms with Crippen molar-refractivity contribution < 1.29 is 13.2 Å². The Kier molecular flexibility index (Phi) is 2.65. The molecule has 0 saturated heterocycles. The van der Waals surface area contributed by atoms with Gasteiger partial charge in [-0.2, -0.15) is 13.2 Å². The number of halogens is 4. The van der Waals surface area contributed by atoms with E-state index in [1.807, 2.05) is 0 Å². The molecule has 6 heteroatoms. The Labute approximate surface area is 75.9 Å². The van der Waals surface area contributed by atoms with Gasteiger partial charge in [0.1, 0.15) is 6.04 Å². The Morgan fingerprint density at radius 1 is 1.42 bits per heavy atom. The lowest BCUT2D eigenvalue weighted by molar-refractivity contribution is -0.148. The topological polar surface area (TPSA) is 26.0 Å². The molecule has 0 saturated carbocycles. The zero-order chi connectivity index (χ0) is 9.35. The van der Waals surface area contributed by atoms with Crippen molar-refractivity contribution in [2.75, 3.05) is 0 Å². The highest BCUT2D eigenvalue weighted by molar-refractivity contribution is 7.16. The van der Waals surface area contributed by atoms with Crippen LogP contribution in [0.1, 0.15) is 10.9 Å². The van der Waals surface area contributed by atoms with Crippen LogP contribution in [-0.4, -0.2) is 6.18 Å². The van der Waals surface area contributed by atoms with Gasteiger partial charge >= 0.3 is 6.18 Å². The van der Waals surface area contributed by atoms with E-state index in [4.69, 9.17) is 17.3 Å². The fraction of sp³-hybridized carbons (Fsp3) is 0.333. The van der Waals surface area contributed by atoms with Gasteiger partial charge in [-0.15, -0.1) is 11.3 Å². The number of alkyl halides is 3. The number of nitrogens with two attached hydrogens (primary N) is 1. The van der Waals surface area contributed by atoms with Crippen LogP contribution in [0.4, 0.5) is 13.2 Å². The van der Waals surface area contributed by atoms with Crippen LogP contribution in [-0.2, 0) is 0 Å². The Morgan fingerprint density at radius 2 is 2.00 bits per heavy atom. The second-order valence-corrected chi connectivity index (χ2v) is 3.91. The van der Waals surface area contributed by atoms with Crippen molar-refractivity contribution in [1.29, 1.82) is 0 Å². The minimum Gasteiger partial charge on any atom is -0.316 e. The zero-order valence-corrected chi connectivity index (χ0v) is 7.30. The predicted molar refractivity (Wildman–Crippen MR) is 42.3 cm³/mol. The highest BCUT2D eigenvalue weighted by atomic mass is 35.5. The van der Waals surface area contributed by atoms with E-state index in [-0.39, 0.29) is 4.88 Å². The molecule has 0 spiro atoms. The fourth-order valence-corrected chi connectivity index (χ4v) is 1.74. The molecule has 0 fully saturated rings. The van der Waals surface area contributed by atoms with Crippen molar-refractivity contribution in [2.24, 2.45) is 5.73 Å². The molecule has 1 aromatic heterocycles. The molecular formula is C6H5ClF3NS. The summed E-state index contributed by atoms with van der Waals surface area (Å²) in [6.07, 6.45) is -4.39. The molecular weight excluding hydrogens is 211 g/mol. The van der Waals surface area contributed by atoms with Gasteiger partial charge in [0.2, 0.25) is 0 Å². The van der Waals surface area contributed by atoms with Crippen LogP contribution in [0.5, 0.6) is 0 Å². The van der Waals surface area contributed by atoms with Crippen LogP contribution < -0.4 is 5.73 Å². The van der Waals surface area contributed by atoms with Crippen molar-refractivity contribution in [3.63, 3.8) is 0 Å². The van der Waals surface area contributed by atoms with Gasteiger partial charge in [0.05, 0.1) is 4.34 Å². The summed E-state index contributed by atoms with van der Waals surface area (Å²) in [5.41, 5.74) is 4.91. The van der Waals surface area contributed by atoms with Crippen molar-refractivity contribution in [1.82, 2.24) is 0 Å². The SMILES string of the molecule is NC(c1ccc(Cl)s1)C(F)(F)F. The van der Waals surface area contributed by atoms with E-state index in [9.17, 15) is 13.2 Å². The molecule has 1 atom stereocenters. The third kappa shape index (κ3) is 2.12. The molecule has 0 aliphatic heterocycles. The molecule has 1 heterocycles. The van der Waals surface area contributed by atoms with Crippen molar-refractivity contribution in [3.8, 4) is 0 Å². The van der Waals surface area contributed by atoms with Gasteiger partial charge in [-0.1, -0.05) is 11.6 Å². The summed E-state index contributed by atoms with van der Waals surface area (Å²) in [7, 11) is 0. The smallest absolute Gasteiger partial charge is 0.316 e. The number of thiophene rings is 1. The Morgan fingerprint density at radius 3 is 2.33 bits per heavy atom. The quantitative estimate of drug-likeness (QED) is 0.766. The summed E-state index contributed by atoms with van der Waals surface area (Å²) >= 11 is 6.29. The average molecular weight is 216 g/mol. The lowest BCUT2D eigenvalue weighted by Gasteiger charge is -2.12. The van der Waals surface area contributed by atoms with Gasteiger partial charge in [-0.25, -0.2) is 0 Å². The fourth-order valence-electron chi connectivity index (χ4n) is 0.657. The lowest BCUT2D eigenvalue weighted by Crippen LogP contribution is -2.27. The van der Waals surface area contributed by atoms with Crippen molar-refractivity contribution in [3.05, 3.63) is 21.3 Å². The number of rotatable bonds is 1. The maximum atomic E-state index is 12.0. The van der Waals surface area contributed by atoms with E-state index in [1.165, 1.54) is 12.1 Å². The van der Waals surface area contributed by atoms with E-state index in [2.05, 4.69) is 0 Å². The molecule has 0 amide bonds. The minimum atomic E-state index is -4.39. The molecule has 0 aliphatic carbocycles. The molecule has 12 heavy (non-hydrogen) atoms. The molecule has 1 rings (SSSR count). The Bertz CT molecular complexity index is 270. The largest absolute Gasteiger partial charge is 0.408 e. The van der Waals surface area contributed by atoms with E-state index in [0.717, 1.165) is 11.3 Å². The Hall–Kier alpha value is -0.260. The standard InChI is InChI=1S/C6H5ClF3NS/c7-4-2-1-3(12-4)5(11)6(8,9)10/h1-2,5H,11H2. The molecule has 68 valence electrons. The van der Waals surface area contributed by atoms with Crippen LogP contribution in [0.15, 0.2) is 12.1 Å². The summed E-state index contributed by atoms with van der Waals surface area (Å²) in [6.45, 7) is 0. The van der Waals surface area contributed by atoms with Crippen LogP contribution >= 0.6 is 22.9 Å². The molecule has 0 radical (unpaired) electrons. The van der Waals surface area contributed by atoms with Crippen molar-refractivity contribution >= 4 is 22.9 Å². The first-order valence-electron chi connectivity index (χ1n) is 2.99. The Balaban J connectivity index is 2.85. The minimum absolute atomic E-state index is 0.0347. The summed E-state index contributed by atoms with van der Waals surface area (Å²) < 4.78 is 36.3. The summed E-state index contributed by atoms with van der Waals surface area (Å²) in [5.74, 6) is 0. The van der Waals surface area contributed by atoms with Crippen LogP contribution in [0.3, 0.4) is 0 Å². The predicted octanol–water partition coefficient (Wildman–Crippen LogP) is 2.96. The van der Waals surface area contributed by atoms with Gasteiger partial charge in [0.15, 0.2) is 0 Å². The first-order chi connectivity index (χ1) is 5.41. The summed E-state index contributed by atoms with van der Waals surface area (Å²) in [5, 5.41) is 0. The van der Waals surface area contributed by atoms with E-state index >= 15 is 0 Å². The molecule has 0 aliphatic rings. The molecule has 1 unspecified atom stereocenters. The normalized spacial score (nSPS) is 14.8.